The van der Waals surface area contributed by atoms with E-state index >= 15 is 0 Å². The first-order valence-electron chi connectivity index (χ1n) is 10.0. The second-order valence-electron chi connectivity index (χ2n) is 9.11. The molecule has 0 radical (unpaired) electrons. The van der Waals surface area contributed by atoms with Gasteiger partial charge in [-0.15, -0.1) is 0 Å². The molecule has 1 aliphatic heterocycles. The molecule has 146 valence electrons. The largest absolute Gasteiger partial charge is 0.294 e. The smallest absolute Gasteiger partial charge is 0.243 e. The standard InChI is InChI=1S/C22H29NO3S/c1-21(2)19-11-12-22(21,3)20(24)18(19)15-16-7-9-17(10-8-16)27(25,26)23-13-5-4-6-14-23/h7-10,15,19H,4-6,11-14H2,1-3H3. The van der Waals surface area contributed by atoms with Crippen molar-refractivity contribution in [3.63, 3.8) is 0 Å². The molecule has 2 atom stereocenters. The molecule has 3 aliphatic rings. The number of hydrogen-bond acceptors (Lipinski definition) is 3. The third-order valence-electron chi connectivity index (χ3n) is 7.52. The molecule has 0 aromatic heterocycles. The molecular formula is C22H29NO3S. The van der Waals surface area contributed by atoms with Crippen molar-refractivity contribution in [2.24, 2.45) is 16.7 Å². The molecule has 0 spiro atoms. The number of benzene rings is 1. The highest BCUT2D eigenvalue weighted by atomic mass is 32.2. The summed E-state index contributed by atoms with van der Waals surface area (Å²) in [6.45, 7) is 7.73. The average Bonchev–Trinajstić information content (AvgIpc) is 2.97. The topological polar surface area (TPSA) is 54.5 Å². The van der Waals surface area contributed by atoms with E-state index in [9.17, 15) is 13.2 Å². The fourth-order valence-corrected chi connectivity index (χ4v) is 6.78. The lowest BCUT2D eigenvalue weighted by atomic mass is 9.70. The van der Waals surface area contributed by atoms with Gasteiger partial charge in [-0.1, -0.05) is 39.3 Å². The maximum Gasteiger partial charge on any atom is 0.243 e. The minimum absolute atomic E-state index is 0.00649. The highest BCUT2D eigenvalue weighted by Gasteiger charge is 2.63. The predicted molar refractivity (Wildman–Crippen MR) is 107 cm³/mol. The summed E-state index contributed by atoms with van der Waals surface area (Å²) in [5.41, 5.74) is 1.55. The van der Waals surface area contributed by atoms with E-state index in [-0.39, 0.29) is 16.6 Å². The van der Waals surface area contributed by atoms with Crippen molar-refractivity contribution in [2.45, 2.75) is 57.8 Å². The van der Waals surface area contributed by atoms with Gasteiger partial charge in [-0.05, 0) is 66.4 Å². The first-order valence-corrected chi connectivity index (χ1v) is 11.5. The Hall–Kier alpha value is -1.46. The van der Waals surface area contributed by atoms with E-state index in [0.717, 1.165) is 43.2 Å². The van der Waals surface area contributed by atoms with Crippen LogP contribution >= 0.6 is 0 Å². The summed E-state index contributed by atoms with van der Waals surface area (Å²) in [6, 6.07) is 7.03. The van der Waals surface area contributed by atoms with Crippen molar-refractivity contribution in [3.8, 4) is 0 Å². The number of allylic oxidation sites excluding steroid dienone is 1. The highest BCUT2D eigenvalue weighted by molar-refractivity contribution is 7.89. The lowest BCUT2D eigenvalue weighted by molar-refractivity contribution is -0.125. The second kappa shape index (κ2) is 6.28. The van der Waals surface area contributed by atoms with E-state index in [1.165, 1.54) is 0 Å². The molecule has 1 aromatic rings. The van der Waals surface area contributed by atoms with Crippen LogP contribution in [-0.2, 0) is 14.8 Å². The van der Waals surface area contributed by atoms with E-state index in [1.54, 1.807) is 16.4 Å². The molecule has 2 saturated carbocycles. The number of ketones is 1. The van der Waals surface area contributed by atoms with Gasteiger partial charge in [0.05, 0.1) is 4.90 Å². The molecule has 1 saturated heterocycles. The van der Waals surface area contributed by atoms with Gasteiger partial charge in [0.15, 0.2) is 5.78 Å². The van der Waals surface area contributed by atoms with Gasteiger partial charge in [-0.3, -0.25) is 4.79 Å². The Morgan fingerprint density at radius 3 is 2.22 bits per heavy atom. The molecule has 2 unspecified atom stereocenters. The summed E-state index contributed by atoms with van der Waals surface area (Å²) in [4.78, 5) is 13.3. The van der Waals surface area contributed by atoms with Crippen molar-refractivity contribution in [2.75, 3.05) is 13.1 Å². The third-order valence-corrected chi connectivity index (χ3v) is 9.43. The first-order chi connectivity index (χ1) is 12.7. The quantitative estimate of drug-likeness (QED) is 0.728. The zero-order chi connectivity index (χ0) is 19.4. The van der Waals surface area contributed by atoms with E-state index in [1.807, 2.05) is 18.2 Å². The number of Topliss-reactive ketones (excluding diaryl/α,β-unsaturated/α-hetero) is 1. The number of nitrogens with zero attached hydrogens (tertiary/aromatic N) is 1. The van der Waals surface area contributed by atoms with Gasteiger partial charge in [-0.25, -0.2) is 8.42 Å². The molecule has 27 heavy (non-hydrogen) atoms. The van der Waals surface area contributed by atoms with Crippen LogP contribution < -0.4 is 0 Å². The van der Waals surface area contributed by atoms with E-state index in [2.05, 4.69) is 20.8 Å². The minimum atomic E-state index is -3.41. The zero-order valence-corrected chi connectivity index (χ0v) is 17.3. The SMILES string of the molecule is CC12CCC(C(=Cc3ccc(S(=O)(=O)N4CCCCC4)cc3)C1=O)C2(C)C. The lowest BCUT2D eigenvalue weighted by Crippen LogP contribution is -2.35. The maximum absolute atomic E-state index is 13.0. The number of piperidine rings is 1. The van der Waals surface area contributed by atoms with Crippen LogP contribution in [0.25, 0.3) is 6.08 Å². The van der Waals surface area contributed by atoms with Gasteiger partial charge in [-0.2, -0.15) is 4.31 Å². The maximum atomic E-state index is 13.0. The fraction of sp³-hybridized carbons (Fsp3) is 0.591. The lowest BCUT2D eigenvalue weighted by Gasteiger charge is -2.31. The summed E-state index contributed by atoms with van der Waals surface area (Å²) in [7, 11) is -3.41. The Kier molecular flexibility index (Phi) is 4.39. The van der Waals surface area contributed by atoms with Crippen LogP contribution in [0.4, 0.5) is 0 Å². The van der Waals surface area contributed by atoms with E-state index in [0.29, 0.717) is 23.9 Å². The van der Waals surface area contributed by atoms with Crippen LogP contribution in [0.15, 0.2) is 34.7 Å². The van der Waals surface area contributed by atoms with Gasteiger partial charge >= 0.3 is 0 Å². The molecule has 0 N–H and O–H groups in total. The molecule has 5 heteroatoms. The third kappa shape index (κ3) is 2.73. The van der Waals surface area contributed by atoms with Crippen LogP contribution in [0.5, 0.6) is 0 Å². The summed E-state index contributed by atoms with van der Waals surface area (Å²) < 4.78 is 27.2. The fourth-order valence-electron chi connectivity index (χ4n) is 5.26. The van der Waals surface area contributed by atoms with Gasteiger partial charge in [0.1, 0.15) is 0 Å². The summed E-state index contributed by atoms with van der Waals surface area (Å²) >= 11 is 0. The van der Waals surface area contributed by atoms with Crippen molar-refractivity contribution >= 4 is 21.9 Å². The van der Waals surface area contributed by atoms with E-state index < -0.39 is 10.0 Å². The number of carbonyl (C=O) groups is 1. The highest BCUT2D eigenvalue weighted by Crippen LogP contribution is 2.65. The van der Waals surface area contributed by atoms with Crippen LogP contribution in [0.2, 0.25) is 0 Å². The molecule has 4 nitrogen and oxygen atoms in total. The first kappa shape index (κ1) is 18.9. The van der Waals surface area contributed by atoms with Gasteiger partial charge in [0, 0.05) is 18.5 Å². The molecule has 1 aromatic carbocycles. The summed E-state index contributed by atoms with van der Waals surface area (Å²) in [5.74, 6) is 0.570. The Labute approximate surface area is 162 Å². The Morgan fingerprint density at radius 1 is 1.04 bits per heavy atom. The van der Waals surface area contributed by atoms with Crippen molar-refractivity contribution in [1.29, 1.82) is 0 Å². The Morgan fingerprint density at radius 2 is 1.67 bits per heavy atom. The minimum Gasteiger partial charge on any atom is -0.294 e. The molecule has 2 aliphatic carbocycles. The monoisotopic (exact) mass is 387 g/mol. The summed E-state index contributed by atoms with van der Waals surface area (Å²) in [6.07, 6.45) is 6.97. The zero-order valence-electron chi connectivity index (χ0n) is 16.5. The van der Waals surface area contributed by atoms with Crippen LogP contribution in [0.3, 0.4) is 0 Å². The van der Waals surface area contributed by atoms with Crippen molar-refractivity contribution in [3.05, 3.63) is 35.4 Å². The van der Waals surface area contributed by atoms with Gasteiger partial charge in [0.2, 0.25) is 10.0 Å². The second-order valence-corrected chi connectivity index (χ2v) is 11.0. The van der Waals surface area contributed by atoms with E-state index in [4.69, 9.17) is 0 Å². The normalized spacial score (nSPS) is 32.3. The van der Waals surface area contributed by atoms with Crippen LogP contribution in [0, 0.1) is 16.7 Å². The number of rotatable bonds is 3. The van der Waals surface area contributed by atoms with Crippen LogP contribution in [-0.4, -0.2) is 31.6 Å². The van der Waals surface area contributed by atoms with Crippen molar-refractivity contribution in [1.82, 2.24) is 4.31 Å². The molecule has 0 amide bonds. The van der Waals surface area contributed by atoms with Gasteiger partial charge < -0.3 is 0 Å². The molecule has 3 fully saturated rings. The molecule has 4 rings (SSSR count). The molecule has 2 bridgehead atoms. The number of hydrogen-bond donors (Lipinski definition) is 0. The molecular weight excluding hydrogens is 358 g/mol. The Balaban J connectivity index is 1.61. The predicted octanol–water partition coefficient (Wildman–Crippen LogP) is 4.27. The van der Waals surface area contributed by atoms with Crippen LogP contribution in [0.1, 0.15) is 58.4 Å². The number of carbonyl (C=O) groups excluding carboxylic acids is 1. The number of fused-ring (bicyclic) bond motifs is 2. The molecule has 1 heterocycles. The Bertz CT molecular complexity index is 892. The van der Waals surface area contributed by atoms with Gasteiger partial charge in [0.25, 0.3) is 0 Å². The summed E-state index contributed by atoms with van der Waals surface area (Å²) in [5, 5.41) is 0. The average molecular weight is 388 g/mol. The van der Waals surface area contributed by atoms with Crippen molar-refractivity contribution < 1.29 is 13.2 Å². The number of sulfonamides is 1.